The van der Waals surface area contributed by atoms with Gasteiger partial charge < -0.3 is 0 Å². The van der Waals surface area contributed by atoms with Crippen LogP contribution < -0.4 is 10.9 Å². The predicted octanol–water partition coefficient (Wildman–Crippen LogP) is 3.90. The van der Waals surface area contributed by atoms with Crippen LogP contribution in [0.5, 0.6) is 0 Å². The zero-order chi connectivity index (χ0) is 14.8. The summed E-state index contributed by atoms with van der Waals surface area (Å²) in [5, 5.41) is 6.45. The molecule has 0 aliphatic rings. The Balaban J connectivity index is 2.16. The van der Waals surface area contributed by atoms with Gasteiger partial charge in [0.25, 0.3) is 0 Å². The van der Waals surface area contributed by atoms with Gasteiger partial charge in [0.15, 0.2) is 10.9 Å². The van der Waals surface area contributed by atoms with Crippen molar-refractivity contribution < 1.29 is 0 Å². The van der Waals surface area contributed by atoms with Gasteiger partial charge in [-0.25, -0.2) is 0 Å². The molecule has 0 amide bonds. The molecule has 0 aliphatic heterocycles. The normalized spacial score (nSPS) is 12.0. The summed E-state index contributed by atoms with van der Waals surface area (Å²) < 4.78 is 0. The summed E-state index contributed by atoms with van der Waals surface area (Å²) in [5.41, 5.74) is 0.0930. The average Bonchev–Trinajstić information content (AvgIpc) is 3.01. The lowest BCUT2D eigenvalue weighted by Gasteiger charge is -1.94. The smallest absolute Gasteiger partial charge is 0.194 e. The van der Waals surface area contributed by atoms with Crippen molar-refractivity contribution in [1.29, 1.82) is 0 Å². The molecule has 0 radical (unpaired) electrons. The Kier molecular flexibility index (Phi) is 2.01. The molecular formula is C20H10O2. The van der Waals surface area contributed by atoms with Gasteiger partial charge in [0.1, 0.15) is 0 Å². The third-order valence-corrected chi connectivity index (χ3v) is 4.57. The van der Waals surface area contributed by atoms with Gasteiger partial charge in [-0.2, -0.15) is 0 Å². The first kappa shape index (κ1) is 11.6. The zero-order valence-corrected chi connectivity index (χ0v) is 11.6. The molecule has 5 aromatic carbocycles. The van der Waals surface area contributed by atoms with Gasteiger partial charge in [-0.15, -0.1) is 0 Å². The second-order valence-electron chi connectivity index (χ2n) is 5.69. The highest BCUT2D eigenvalue weighted by Crippen LogP contribution is 2.31. The molecule has 22 heavy (non-hydrogen) atoms. The molecule has 2 heteroatoms. The topological polar surface area (TPSA) is 34.1 Å². The maximum absolute atomic E-state index is 12.6. The van der Waals surface area contributed by atoms with E-state index in [0.29, 0.717) is 10.8 Å². The van der Waals surface area contributed by atoms with E-state index in [9.17, 15) is 9.59 Å². The van der Waals surface area contributed by atoms with Gasteiger partial charge in [0.05, 0.1) is 0 Å². The van der Waals surface area contributed by atoms with Gasteiger partial charge in [-0.3, -0.25) is 9.59 Å². The summed E-state index contributed by atoms with van der Waals surface area (Å²) >= 11 is 0. The Morgan fingerprint density at radius 2 is 0.773 bits per heavy atom. The number of rotatable bonds is 0. The Bertz CT molecular complexity index is 1200. The first-order valence-electron chi connectivity index (χ1n) is 7.22. The molecule has 0 atom stereocenters. The van der Waals surface area contributed by atoms with Crippen molar-refractivity contribution in [1.82, 2.24) is 0 Å². The van der Waals surface area contributed by atoms with Crippen LogP contribution in [0.2, 0.25) is 0 Å². The zero-order valence-electron chi connectivity index (χ0n) is 11.6. The van der Waals surface area contributed by atoms with Crippen LogP contribution in [-0.2, 0) is 0 Å². The lowest BCUT2D eigenvalue weighted by Crippen LogP contribution is -1.95. The quantitative estimate of drug-likeness (QED) is 0.432. The van der Waals surface area contributed by atoms with Crippen LogP contribution in [0.25, 0.3) is 43.1 Å². The fraction of sp³-hybridized carbons (Fsp3) is 0. The Morgan fingerprint density at radius 1 is 0.409 bits per heavy atom. The van der Waals surface area contributed by atoms with Gasteiger partial charge in [-0.05, 0) is 33.7 Å². The van der Waals surface area contributed by atoms with Gasteiger partial charge in [-0.1, -0.05) is 48.5 Å². The fourth-order valence-corrected chi connectivity index (χ4v) is 3.54. The predicted molar refractivity (Wildman–Crippen MR) is 91.4 cm³/mol. The van der Waals surface area contributed by atoms with Gasteiger partial charge >= 0.3 is 0 Å². The van der Waals surface area contributed by atoms with E-state index < -0.39 is 0 Å². The maximum Gasteiger partial charge on any atom is 0.194 e. The number of hydrogen-bond acceptors (Lipinski definition) is 2. The number of fused-ring (bicyclic) bond motifs is 6. The molecule has 0 aliphatic carbocycles. The molecule has 0 heterocycles. The molecule has 0 unspecified atom stereocenters. The number of hydrogen-bond donors (Lipinski definition) is 0. The standard InChI is InChI=1S/C20H10O2/c21-19-13-7-3-1-5-11(13)15-9-18-16(10-17(15)19)12-6-2-4-8-14(12)20(18)22/h1-10H. The number of benzene rings is 3. The van der Waals surface area contributed by atoms with Crippen molar-refractivity contribution in [2.24, 2.45) is 0 Å². The third-order valence-electron chi connectivity index (χ3n) is 4.57. The van der Waals surface area contributed by atoms with Crippen LogP contribution in [0.3, 0.4) is 0 Å². The van der Waals surface area contributed by atoms with E-state index >= 15 is 0 Å². The lowest BCUT2D eigenvalue weighted by molar-refractivity contribution is 1.80. The van der Waals surface area contributed by atoms with E-state index in [0.717, 1.165) is 32.3 Å². The van der Waals surface area contributed by atoms with Crippen molar-refractivity contribution in [3.63, 3.8) is 0 Å². The van der Waals surface area contributed by atoms with E-state index in [2.05, 4.69) is 0 Å². The van der Waals surface area contributed by atoms with Crippen molar-refractivity contribution in [3.05, 3.63) is 81.1 Å². The van der Waals surface area contributed by atoms with Crippen LogP contribution in [-0.4, -0.2) is 0 Å². The Labute approximate surface area is 124 Å². The fourth-order valence-electron chi connectivity index (χ4n) is 3.54. The first-order chi connectivity index (χ1) is 10.8. The van der Waals surface area contributed by atoms with Crippen molar-refractivity contribution >= 4 is 43.1 Å². The molecule has 0 saturated heterocycles. The van der Waals surface area contributed by atoms with Gasteiger partial charge in [0, 0.05) is 21.5 Å². The van der Waals surface area contributed by atoms with Crippen LogP contribution >= 0.6 is 0 Å². The molecule has 0 fully saturated rings. The van der Waals surface area contributed by atoms with Crippen LogP contribution in [0, 0.1) is 0 Å². The summed E-state index contributed by atoms with van der Waals surface area (Å²) in [7, 11) is 0. The van der Waals surface area contributed by atoms with Crippen molar-refractivity contribution in [2.45, 2.75) is 0 Å². The third kappa shape index (κ3) is 1.25. The highest BCUT2D eigenvalue weighted by Gasteiger charge is 2.15. The van der Waals surface area contributed by atoms with Crippen LogP contribution in [0.15, 0.2) is 70.3 Å². The summed E-state index contributed by atoms with van der Waals surface area (Å²) in [6.45, 7) is 0. The molecule has 5 rings (SSSR count). The largest absolute Gasteiger partial charge is 0.289 e. The molecule has 0 N–H and O–H groups in total. The minimum Gasteiger partial charge on any atom is -0.289 e. The molecule has 5 aromatic rings. The van der Waals surface area contributed by atoms with Crippen LogP contribution in [0.4, 0.5) is 0 Å². The highest BCUT2D eigenvalue weighted by molar-refractivity contribution is 6.21. The van der Waals surface area contributed by atoms with Crippen LogP contribution in [0.1, 0.15) is 0 Å². The molecule has 2 nitrogen and oxygen atoms in total. The highest BCUT2D eigenvalue weighted by atomic mass is 16.1. The molecule has 0 spiro atoms. The lowest BCUT2D eigenvalue weighted by atomic mass is 10.1. The summed E-state index contributed by atoms with van der Waals surface area (Å²) in [6, 6.07) is 18.9. The van der Waals surface area contributed by atoms with E-state index in [-0.39, 0.29) is 10.9 Å². The molecule has 102 valence electrons. The average molecular weight is 282 g/mol. The van der Waals surface area contributed by atoms with E-state index in [4.69, 9.17) is 0 Å². The minimum absolute atomic E-state index is 0.0465. The monoisotopic (exact) mass is 282 g/mol. The Morgan fingerprint density at radius 3 is 1.18 bits per heavy atom. The summed E-state index contributed by atoms with van der Waals surface area (Å²) in [5.74, 6) is 0. The first-order valence-corrected chi connectivity index (χ1v) is 7.22. The molecule has 0 bridgehead atoms. The summed E-state index contributed by atoms with van der Waals surface area (Å²) in [6.07, 6.45) is 0. The minimum atomic E-state index is 0.0465. The summed E-state index contributed by atoms with van der Waals surface area (Å²) in [4.78, 5) is 25.2. The van der Waals surface area contributed by atoms with Gasteiger partial charge in [0.2, 0.25) is 0 Å². The van der Waals surface area contributed by atoms with Crippen molar-refractivity contribution in [2.75, 3.05) is 0 Å². The van der Waals surface area contributed by atoms with E-state index in [1.165, 1.54) is 0 Å². The second-order valence-corrected chi connectivity index (χ2v) is 5.69. The maximum atomic E-state index is 12.6. The van der Waals surface area contributed by atoms with Crippen molar-refractivity contribution in [3.8, 4) is 0 Å². The van der Waals surface area contributed by atoms with E-state index in [1.54, 1.807) is 0 Å². The van der Waals surface area contributed by atoms with E-state index in [1.807, 2.05) is 60.7 Å². The second kappa shape index (κ2) is 3.80. The SMILES string of the molecule is O=c1c2ccccc2c2cc3c(=O)c4ccccc4c3cc12. The Hall–Kier alpha value is -3.00. The molecule has 0 saturated carbocycles. The molecule has 0 aromatic heterocycles. The molecular weight excluding hydrogens is 272 g/mol.